The van der Waals surface area contributed by atoms with E-state index in [9.17, 15) is 24.9 Å². The van der Waals surface area contributed by atoms with Gasteiger partial charge in [-0.2, -0.15) is 0 Å². The number of carbonyl (C=O) groups is 2. The van der Waals surface area contributed by atoms with Crippen LogP contribution < -0.4 is 10.9 Å². The van der Waals surface area contributed by atoms with E-state index in [4.69, 9.17) is 10.9 Å². The topological polar surface area (TPSA) is 144 Å². The second kappa shape index (κ2) is 7.08. The zero-order valence-corrected chi connectivity index (χ0v) is 10.4. The number of nitrogens with zero attached hydrogens (tertiary/aromatic N) is 1. The molecule has 6 N–H and O–H groups in total. The van der Waals surface area contributed by atoms with Gasteiger partial charge in [0.15, 0.2) is 12.4 Å². The first-order chi connectivity index (χ1) is 9.40. The van der Waals surface area contributed by atoms with Gasteiger partial charge in [-0.3, -0.25) is 4.79 Å². The number of anilines is 1. The molecule has 8 heteroatoms. The molecule has 1 amide bonds. The van der Waals surface area contributed by atoms with Crippen molar-refractivity contribution < 1.29 is 30.0 Å². The second-order valence-electron chi connectivity index (χ2n) is 4.10. The van der Waals surface area contributed by atoms with E-state index in [2.05, 4.69) is 0 Å². The molecular formula is C12H16N2O6. The Morgan fingerprint density at radius 2 is 1.65 bits per heavy atom. The maximum atomic E-state index is 11.8. The van der Waals surface area contributed by atoms with Crippen LogP contribution in [-0.2, 0) is 9.59 Å². The van der Waals surface area contributed by atoms with E-state index < -0.39 is 30.3 Å². The first-order valence-electron chi connectivity index (χ1n) is 5.71. The monoisotopic (exact) mass is 284 g/mol. The zero-order valence-electron chi connectivity index (χ0n) is 10.4. The van der Waals surface area contributed by atoms with Crippen LogP contribution in [0.4, 0.5) is 5.69 Å². The lowest BCUT2D eigenvalue weighted by molar-refractivity contribution is -0.147. The average Bonchev–Trinajstić information content (AvgIpc) is 2.51. The number of hydrazine groups is 1. The third kappa shape index (κ3) is 3.59. The van der Waals surface area contributed by atoms with E-state index in [-0.39, 0.29) is 12.0 Å². The molecule has 0 spiro atoms. The summed E-state index contributed by atoms with van der Waals surface area (Å²) in [5, 5.41) is 38.1. The molecule has 0 aliphatic carbocycles. The van der Waals surface area contributed by atoms with Crippen LogP contribution in [0.2, 0.25) is 0 Å². The summed E-state index contributed by atoms with van der Waals surface area (Å²) in [6.07, 6.45) is -8.10. The number of carbonyl (C=O) groups excluding carboxylic acids is 2. The van der Waals surface area contributed by atoms with E-state index in [0.29, 0.717) is 5.01 Å². The minimum absolute atomic E-state index is 0.0253. The lowest BCUT2D eigenvalue weighted by atomic mass is 10.0. The molecule has 0 fully saturated rings. The highest BCUT2D eigenvalue weighted by molar-refractivity contribution is 5.95. The molecule has 0 saturated heterocycles. The number of hydrogen-bond acceptors (Lipinski definition) is 7. The highest BCUT2D eigenvalue weighted by Crippen LogP contribution is 2.13. The normalized spacial score (nSPS) is 16.9. The van der Waals surface area contributed by atoms with Gasteiger partial charge in [-0.25, -0.2) is 10.9 Å². The molecule has 8 nitrogen and oxygen atoms in total. The molecule has 0 unspecified atom stereocenters. The van der Waals surface area contributed by atoms with Crippen LogP contribution >= 0.6 is 0 Å². The Balaban J connectivity index is 2.78. The van der Waals surface area contributed by atoms with Crippen LogP contribution in [0.15, 0.2) is 30.3 Å². The molecule has 0 heterocycles. The Hall–Kier alpha value is -1.84. The van der Waals surface area contributed by atoms with Crippen molar-refractivity contribution in [2.75, 3.05) is 5.01 Å². The number of amides is 1. The van der Waals surface area contributed by atoms with E-state index in [0.717, 1.165) is 0 Å². The Morgan fingerprint density at radius 3 is 2.15 bits per heavy atom. The third-order valence-electron chi connectivity index (χ3n) is 2.69. The van der Waals surface area contributed by atoms with Crippen molar-refractivity contribution in [3.8, 4) is 0 Å². The SMILES string of the molecule is NN(C(=O)[C@@H](O)[C@@H](O)[C@H](O)[C@@H](O)C=O)c1ccccc1. The molecule has 1 aromatic rings. The first kappa shape index (κ1) is 16.2. The number of aliphatic hydroxyl groups excluding tert-OH is 4. The maximum absolute atomic E-state index is 11.8. The van der Waals surface area contributed by atoms with Crippen LogP contribution in [0, 0.1) is 0 Å². The summed E-state index contributed by atoms with van der Waals surface area (Å²) in [7, 11) is 0. The van der Waals surface area contributed by atoms with E-state index in [1.54, 1.807) is 18.2 Å². The van der Waals surface area contributed by atoms with Crippen molar-refractivity contribution in [2.45, 2.75) is 24.4 Å². The average molecular weight is 284 g/mol. The number of nitrogens with two attached hydrogens (primary N) is 1. The zero-order chi connectivity index (χ0) is 15.3. The minimum Gasteiger partial charge on any atom is -0.387 e. The van der Waals surface area contributed by atoms with Crippen molar-refractivity contribution in [1.29, 1.82) is 0 Å². The Labute approximate surface area is 114 Å². The number of aldehydes is 1. The molecule has 4 atom stereocenters. The number of aliphatic hydroxyl groups is 4. The van der Waals surface area contributed by atoms with E-state index in [1.807, 2.05) is 0 Å². The van der Waals surface area contributed by atoms with Gasteiger partial charge in [0.05, 0.1) is 5.69 Å². The molecule has 1 aromatic carbocycles. The molecular weight excluding hydrogens is 268 g/mol. The summed E-state index contributed by atoms with van der Waals surface area (Å²) >= 11 is 0. The Morgan fingerprint density at radius 1 is 1.10 bits per heavy atom. The molecule has 110 valence electrons. The third-order valence-corrected chi connectivity index (χ3v) is 2.69. The number of rotatable bonds is 6. The van der Waals surface area contributed by atoms with E-state index >= 15 is 0 Å². The van der Waals surface area contributed by atoms with Gasteiger partial charge in [-0.15, -0.1) is 0 Å². The Bertz CT molecular complexity index is 455. The summed E-state index contributed by atoms with van der Waals surface area (Å²) in [6.45, 7) is 0. The number of benzene rings is 1. The predicted octanol–water partition coefficient (Wildman–Crippen LogP) is -2.46. The summed E-state index contributed by atoms with van der Waals surface area (Å²) in [5.74, 6) is 4.39. The van der Waals surface area contributed by atoms with Crippen molar-refractivity contribution in [3.05, 3.63) is 30.3 Å². The summed E-state index contributed by atoms with van der Waals surface area (Å²) in [5.41, 5.74) is 0.258. The smallest absolute Gasteiger partial charge is 0.272 e. The van der Waals surface area contributed by atoms with Crippen LogP contribution in [-0.4, -0.2) is 57.0 Å². The van der Waals surface area contributed by atoms with Crippen molar-refractivity contribution in [1.82, 2.24) is 0 Å². The maximum Gasteiger partial charge on any atom is 0.272 e. The fourth-order valence-corrected chi connectivity index (χ4v) is 1.47. The van der Waals surface area contributed by atoms with Crippen molar-refractivity contribution in [2.24, 2.45) is 5.84 Å². The predicted molar refractivity (Wildman–Crippen MR) is 68.2 cm³/mol. The summed E-state index contributed by atoms with van der Waals surface area (Å²) < 4.78 is 0. The second-order valence-corrected chi connectivity index (χ2v) is 4.10. The fourth-order valence-electron chi connectivity index (χ4n) is 1.47. The van der Waals surface area contributed by atoms with Gasteiger partial charge in [-0.1, -0.05) is 18.2 Å². The molecule has 0 aromatic heterocycles. The molecule has 20 heavy (non-hydrogen) atoms. The highest BCUT2D eigenvalue weighted by atomic mass is 16.4. The molecule has 0 aliphatic rings. The van der Waals surface area contributed by atoms with Gasteiger partial charge in [-0.05, 0) is 12.1 Å². The summed E-state index contributed by atoms with van der Waals surface area (Å²) in [4.78, 5) is 22.1. The van der Waals surface area contributed by atoms with Gasteiger partial charge >= 0.3 is 0 Å². The molecule has 0 aliphatic heterocycles. The number of para-hydroxylation sites is 1. The van der Waals surface area contributed by atoms with Crippen LogP contribution in [0.5, 0.6) is 0 Å². The van der Waals surface area contributed by atoms with Crippen LogP contribution in [0.25, 0.3) is 0 Å². The molecule has 0 saturated carbocycles. The van der Waals surface area contributed by atoms with Crippen LogP contribution in [0.3, 0.4) is 0 Å². The van der Waals surface area contributed by atoms with Crippen LogP contribution in [0.1, 0.15) is 0 Å². The molecule has 0 radical (unpaired) electrons. The van der Waals surface area contributed by atoms with Gasteiger partial charge in [0.25, 0.3) is 5.91 Å². The van der Waals surface area contributed by atoms with Gasteiger partial charge in [0.1, 0.15) is 18.3 Å². The number of hydrogen-bond donors (Lipinski definition) is 5. The largest absolute Gasteiger partial charge is 0.387 e. The van der Waals surface area contributed by atoms with Gasteiger partial charge in [0.2, 0.25) is 0 Å². The molecule has 0 bridgehead atoms. The van der Waals surface area contributed by atoms with Crippen molar-refractivity contribution in [3.63, 3.8) is 0 Å². The lowest BCUT2D eigenvalue weighted by Crippen LogP contribution is -2.54. The lowest BCUT2D eigenvalue weighted by Gasteiger charge is -2.26. The Kier molecular flexibility index (Phi) is 5.74. The first-order valence-corrected chi connectivity index (χ1v) is 5.71. The quantitative estimate of drug-likeness (QED) is 0.168. The minimum atomic E-state index is -2.09. The van der Waals surface area contributed by atoms with Crippen molar-refractivity contribution >= 4 is 17.9 Å². The highest BCUT2D eigenvalue weighted by Gasteiger charge is 2.36. The molecule has 1 rings (SSSR count). The van der Waals surface area contributed by atoms with Gasteiger partial charge in [0, 0.05) is 0 Å². The summed E-state index contributed by atoms with van der Waals surface area (Å²) in [6, 6.07) is 7.89. The standard InChI is InChI=1S/C12H16N2O6/c13-14(7-4-2-1-3-5-7)12(20)11(19)10(18)9(17)8(16)6-15/h1-6,8-11,16-19H,13H2/t8-,9+,10-,11-/m0/s1. The van der Waals surface area contributed by atoms with E-state index in [1.165, 1.54) is 12.1 Å². The van der Waals surface area contributed by atoms with Gasteiger partial charge < -0.3 is 25.2 Å². The fraction of sp³-hybridized carbons (Fsp3) is 0.333.